The fourth-order valence-electron chi connectivity index (χ4n) is 2.49. The minimum Gasteiger partial charge on any atom is -0.409 e. The number of pyridine rings is 1. The molecule has 19 heavy (non-hydrogen) atoms. The van der Waals surface area contributed by atoms with Gasteiger partial charge in [-0.3, -0.25) is 0 Å². The Morgan fingerprint density at radius 2 is 2.26 bits per heavy atom. The molecule has 1 aliphatic carbocycles. The van der Waals surface area contributed by atoms with Crippen LogP contribution in [0.2, 0.25) is 0 Å². The molecule has 0 bridgehead atoms. The van der Waals surface area contributed by atoms with Crippen LogP contribution in [0.4, 0.5) is 5.82 Å². The fraction of sp³-hybridized carbons (Fsp3) is 0.571. The van der Waals surface area contributed by atoms with E-state index in [1.165, 1.54) is 17.7 Å². The molecule has 0 fully saturated rings. The Balaban J connectivity index is 2.14. The molecule has 5 nitrogen and oxygen atoms in total. The number of fused-ring (bicyclic) bond motifs is 1. The number of anilines is 1. The zero-order chi connectivity index (χ0) is 13.8. The smallest absolute Gasteiger partial charge is 0.140 e. The van der Waals surface area contributed by atoms with Crippen molar-refractivity contribution in [1.82, 2.24) is 4.98 Å². The first kappa shape index (κ1) is 13.6. The van der Waals surface area contributed by atoms with Gasteiger partial charge >= 0.3 is 0 Å². The summed E-state index contributed by atoms with van der Waals surface area (Å²) in [6.07, 6.45) is 3.97. The Morgan fingerprint density at radius 1 is 1.47 bits per heavy atom. The van der Waals surface area contributed by atoms with Crippen LogP contribution in [-0.4, -0.2) is 28.6 Å². The van der Waals surface area contributed by atoms with Gasteiger partial charge in [0, 0.05) is 24.7 Å². The van der Waals surface area contributed by atoms with Gasteiger partial charge in [-0.2, -0.15) is 0 Å². The van der Waals surface area contributed by atoms with Crippen LogP contribution in [0.3, 0.4) is 0 Å². The van der Waals surface area contributed by atoms with Crippen LogP contribution in [0.25, 0.3) is 0 Å². The van der Waals surface area contributed by atoms with E-state index >= 15 is 0 Å². The number of nitrogens with zero attached hydrogens (tertiary/aromatic N) is 3. The van der Waals surface area contributed by atoms with Crippen LogP contribution in [0.1, 0.15) is 37.9 Å². The van der Waals surface area contributed by atoms with Crippen molar-refractivity contribution in [3.63, 3.8) is 0 Å². The largest absolute Gasteiger partial charge is 0.409 e. The molecular formula is C14H22N4O. The van der Waals surface area contributed by atoms with Gasteiger partial charge in [0.05, 0.1) is 0 Å². The highest BCUT2D eigenvalue weighted by atomic mass is 16.4. The van der Waals surface area contributed by atoms with Crippen molar-refractivity contribution in [2.75, 3.05) is 11.4 Å². The average molecular weight is 262 g/mol. The molecule has 1 aliphatic rings. The Morgan fingerprint density at radius 3 is 2.95 bits per heavy atom. The van der Waals surface area contributed by atoms with Crippen LogP contribution in [-0.2, 0) is 12.8 Å². The molecule has 0 spiro atoms. The maximum absolute atomic E-state index is 8.61. The molecule has 0 saturated heterocycles. The van der Waals surface area contributed by atoms with Crippen LogP contribution < -0.4 is 10.6 Å². The van der Waals surface area contributed by atoms with Gasteiger partial charge in [-0.05, 0) is 44.7 Å². The molecule has 5 heteroatoms. The number of aryl methyl sites for hydroxylation is 2. The number of rotatable bonds is 5. The molecule has 2 rings (SSSR count). The molecule has 0 aromatic carbocycles. The summed E-state index contributed by atoms with van der Waals surface area (Å²) in [6.45, 7) is 4.96. The van der Waals surface area contributed by atoms with Gasteiger partial charge in [0.1, 0.15) is 11.7 Å². The highest BCUT2D eigenvalue weighted by molar-refractivity contribution is 5.80. The number of amidine groups is 1. The summed E-state index contributed by atoms with van der Waals surface area (Å²) in [5, 5.41) is 11.6. The van der Waals surface area contributed by atoms with Gasteiger partial charge in [-0.1, -0.05) is 11.2 Å². The Bertz CT molecular complexity index is 471. The Hall–Kier alpha value is -1.78. The molecule has 0 radical (unpaired) electrons. The van der Waals surface area contributed by atoms with Crippen molar-refractivity contribution >= 4 is 11.7 Å². The van der Waals surface area contributed by atoms with Gasteiger partial charge < -0.3 is 15.8 Å². The number of nitrogens with two attached hydrogens (primary N) is 1. The highest BCUT2D eigenvalue weighted by Crippen LogP contribution is 2.24. The average Bonchev–Trinajstić information content (AvgIpc) is 2.85. The lowest BCUT2D eigenvalue weighted by Gasteiger charge is -2.28. The summed E-state index contributed by atoms with van der Waals surface area (Å²) in [6, 6.07) is 4.60. The molecule has 3 N–H and O–H groups in total. The standard InChI is InChI=1S/C14H22N4O/c1-10(2)18(9-8-13(15)17-19)14-7-6-11-4-3-5-12(11)16-14/h6-7,10,19H,3-5,8-9H2,1-2H3,(H2,15,17). The minimum absolute atomic E-state index is 0.256. The van der Waals surface area contributed by atoms with E-state index in [0.29, 0.717) is 19.0 Å². The Labute approximate surface area is 114 Å². The lowest BCUT2D eigenvalue weighted by Crippen LogP contribution is -2.34. The van der Waals surface area contributed by atoms with Crippen molar-refractivity contribution in [3.8, 4) is 0 Å². The summed E-state index contributed by atoms with van der Waals surface area (Å²) in [4.78, 5) is 6.95. The third-order valence-corrected chi connectivity index (χ3v) is 3.57. The fourth-order valence-corrected chi connectivity index (χ4v) is 2.49. The summed E-state index contributed by atoms with van der Waals surface area (Å²) < 4.78 is 0. The number of hydrogen-bond donors (Lipinski definition) is 2. The molecule has 104 valence electrons. The topological polar surface area (TPSA) is 74.7 Å². The van der Waals surface area contributed by atoms with E-state index in [2.05, 4.69) is 36.0 Å². The molecule has 1 aromatic rings. The van der Waals surface area contributed by atoms with Gasteiger partial charge in [-0.15, -0.1) is 0 Å². The summed E-state index contributed by atoms with van der Waals surface area (Å²) >= 11 is 0. The summed E-state index contributed by atoms with van der Waals surface area (Å²) in [5.41, 5.74) is 8.15. The lowest BCUT2D eigenvalue weighted by atomic mass is 10.2. The first-order valence-electron chi connectivity index (χ1n) is 6.83. The van der Waals surface area contributed by atoms with Crippen molar-refractivity contribution in [3.05, 3.63) is 23.4 Å². The maximum Gasteiger partial charge on any atom is 0.140 e. The summed E-state index contributed by atoms with van der Waals surface area (Å²) in [5.74, 6) is 1.24. The van der Waals surface area contributed by atoms with E-state index in [9.17, 15) is 0 Å². The Kier molecular flexibility index (Phi) is 4.24. The molecule has 0 saturated carbocycles. The van der Waals surface area contributed by atoms with Crippen molar-refractivity contribution < 1.29 is 5.21 Å². The van der Waals surface area contributed by atoms with E-state index in [-0.39, 0.29) is 5.84 Å². The van der Waals surface area contributed by atoms with Crippen molar-refractivity contribution in [1.29, 1.82) is 0 Å². The molecule has 0 unspecified atom stereocenters. The highest BCUT2D eigenvalue weighted by Gasteiger charge is 2.17. The van der Waals surface area contributed by atoms with Crippen LogP contribution in [0, 0.1) is 0 Å². The second-order valence-electron chi connectivity index (χ2n) is 5.26. The van der Waals surface area contributed by atoms with Crippen LogP contribution >= 0.6 is 0 Å². The molecule has 0 amide bonds. The van der Waals surface area contributed by atoms with Gasteiger partial charge in [0.2, 0.25) is 0 Å². The zero-order valence-electron chi connectivity index (χ0n) is 11.6. The second-order valence-corrected chi connectivity index (χ2v) is 5.26. The maximum atomic E-state index is 8.61. The van der Waals surface area contributed by atoms with Crippen molar-refractivity contribution in [2.45, 2.75) is 45.6 Å². The van der Waals surface area contributed by atoms with E-state index in [4.69, 9.17) is 15.9 Å². The SMILES string of the molecule is CC(C)N(CC/C(N)=N/O)c1ccc2c(n1)CCC2. The molecular weight excluding hydrogens is 240 g/mol. The molecule has 0 aliphatic heterocycles. The van der Waals surface area contributed by atoms with E-state index in [0.717, 1.165) is 18.7 Å². The van der Waals surface area contributed by atoms with Crippen LogP contribution in [0.15, 0.2) is 17.3 Å². The predicted molar refractivity (Wildman–Crippen MR) is 76.8 cm³/mol. The second kappa shape index (κ2) is 5.91. The number of hydrogen-bond acceptors (Lipinski definition) is 4. The minimum atomic E-state index is 0.256. The van der Waals surface area contributed by atoms with E-state index < -0.39 is 0 Å². The summed E-state index contributed by atoms with van der Waals surface area (Å²) in [7, 11) is 0. The quantitative estimate of drug-likeness (QED) is 0.368. The first-order chi connectivity index (χ1) is 9.11. The lowest BCUT2D eigenvalue weighted by molar-refractivity contribution is 0.317. The van der Waals surface area contributed by atoms with Gasteiger partial charge in [0.15, 0.2) is 0 Å². The molecule has 1 aromatic heterocycles. The zero-order valence-corrected chi connectivity index (χ0v) is 11.6. The predicted octanol–water partition coefficient (Wildman–Crippen LogP) is 1.92. The van der Waals surface area contributed by atoms with Gasteiger partial charge in [0.25, 0.3) is 0 Å². The van der Waals surface area contributed by atoms with Gasteiger partial charge in [-0.25, -0.2) is 4.98 Å². The first-order valence-corrected chi connectivity index (χ1v) is 6.83. The van der Waals surface area contributed by atoms with Crippen molar-refractivity contribution in [2.24, 2.45) is 10.9 Å². The molecule has 1 heterocycles. The third-order valence-electron chi connectivity index (χ3n) is 3.57. The third kappa shape index (κ3) is 3.16. The van der Waals surface area contributed by atoms with E-state index in [1.54, 1.807) is 0 Å². The monoisotopic (exact) mass is 262 g/mol. The van der Waals surface area contributed by atoms with Crippen LogP contribution in [0.5, 0.6) is 0 Å². The number of oxime groups is 1. The normalized spacial score (nSPS) is 14.8. The number of aromatic nitrogens is 1. The molecule has 0 atom stereocenters. The van der Waals surface area contributed by atoms with E-state index in [1.807, 2.05) is 0 Å².